The molecule has 15 heavy (non-hydrogen) atoms. The van der Waals surface area contributed by atoms with E-state index in [0.717, 1.165) is 5.56 Å². The van der Waals surface area contributed by atoms with Gasteiger partial charge in [-0.3, -0.25) is 0 Å². The fourth-order valence-corrected chi connectivity index (χ4v) is 1.38. The van der Waals surface area contributed by atoms with Gasteiger partial charge in [-0.25, -0.2) is 0 Å². The monoisotopic (exact) mass is 204 g/mol. The Bertz CT molecular complexity index is 386. The fraction of sp³-hybridized carbons (Fsp3) is 0.385. The van der Waals surface area contributed by atoms with Gasteiger partial charge in [0.25, 0.3) is 0 Å². The molecule has 0 radical (unpaired) electrons. The van der Waals surface area contributed by atoms with Gasteiger partial charge in [0, 0.05) is 5.56 Å². The third kappa shape index (κ3) is 2.24. The van der Waals surface area contributed by atoms with Crippen molar-refractivity contribution >= 4 is 0 Å². The van der Waals surface area contributed by atoms with Crippen molar-refractivity contribution in [3.63, 3.8) is 0 Å². The molecule has 0 saturated carbocycles. The maximum atomic E-state index is 9.97. The summed E-state index contributed by atoms with van der Waals surface area (Å²) >= 11 is 0. The zero-order valence-electron chi connectivity index (χ0n) is 9.37. The second-order valence-electron chi connectivity index (χ2n) is 3.85. The van der Waals surface area contributed by atoms with Crippen LogP contribution in [0.3, 0.4) is 0 Å². The Balaban J connectivity index is 3.22. The first-order valence-corrected chi connectivity index (χ1v) is 4.96. The van der Waals surface area contributed by atoms with Crippen molar-refractivity contribution in [1.29, 1.82) is 0 Å². The van der Waals surface area contributed by atoms with Crippen LogP contribution in [-0.4, -0.2) is 11.7 Å². The molecule has 1 rings (SSSR count). The zero-order chi connectivity index (χ0) is 11.5. The molecule has 0 aliphatic carbocycles. The second-order valence-corrected chi connectivity index (χ2v) is 3.85. The van der Waals surface area contributed by atoms with E-state index < -0.39 is 5.41 Å². The third-order valence-electron chi connectivity index (χ3n) is 2.33. The molecule has 0 saturated heterocycles. The average Bonchev–Trinajstić information content (AvgIpc) is 2.21. The van der Waals surface area contributed by atoms with E-state index in [1.54, 1.807) is 6.07 Å². The smallest absolute Gasteiger partial charge is 0.162 e. The first-order valence-electron chi connectivity index (χ1n) is 4.96. The van der Waals surface area contributed by atoms with Crippen molar-refractivity contribution in [3.05, 3.63) is 23.8 Å². The number of phenols is 1. The summed E-state index contributed by atoms with van der Waals surface area (Å²) in [6, 6.07) is 5.38. The lowest BCUT2D eigenvalue weighted by Crippen LogP contribution is -2.14. The van der Waals surface area contributed by atoms with Crippen LogP contribution in [0.4, 0.5) is 0 Å². The lowest BCUT2D eigenvalue weighted by molar-refractivity contribution is 0.315. The summed E-state index contributed by atoms with van der Waals surface area (Å²) in [6.07, 6.45) is 5.43. The largest absolute Gasteiger partial charge is 0.504 e. The van der Waals surface area contributed by atoms with E-state index >= 15 is 0 Å². The number of hydrogen-bond donors (Lipinski definition) is 1. The van der Waals surface area contributed by atoms with Gasteiger partial charge < -0.3 is 9.84 Å². The Morgan fingerprint density at radius 2 is 2.13 bits per heavy atom. The highest BCUT2D eigenvalue weighted by Crippen LogP contribution is 2.37. The molecule has 2 heteroatoms. The molecule has 1 aromatic rings. The summed E-state index contributed by atoms with van der Waals surface area (Å²) in [7, 11) is 0. The van der Waals surface area contributed by atoms with Gasteiger partial charge in [0.2, 0.25) is 0 Å². The molecule has 0 unspecified atom stereocenters. The van der Waals surface area contributed by atoms with Crippen LogP contribution in [0.5, 0.6) is 11.5 Å². The van der Waals surface area contributed by atoms with Crippen molar-refractivity contribution < 1.29 is 9.84 Å². The molecular formula is C13H16O2. The van der Waals surface area contributed by atoms with Crippen LogP contribution in [0, 0.1) is 12.3 Å². The highest BCUT2D eigenvalue weighted by atomic mass is 16.5. The molecule has 0 heterocycles. The number of terminal acetylenes is 1. The molecule has 2 nitrogen and oxygen atoms in total. The number of hydrogen-bond acceptors (Lipinski definition) is 2. The highest BCUT2D eigenvalue weighted by molar-refractivity contribution is 5.51. The van der Waals surface area contributed by atoms with Crippen molar-refractivity contribution in [1.82, 2.24) is 0 Å². The normalized spacial score (nSPS) is 10.8. The molecule has 0 aromatic heterocycles. The van der Waals surface area contributed by atoms with E-state index in [9.17, 15) is 5.11 Å². The lowest BCUT2D eigenvalue weighted by Gasteiger charge is -2.20. The number of ether oxygens (including phenoxy) is 1. The van der Waals surface area contributed by atoms with Gasteiger partial charge in [-0.2, -0.15) is 0 Å². The van der Waals surface area contributed by atoms with Crippen molar-refractivity contribution in [2.45, 2.75) is 26.2 Å². The molecule has 80 valence electrons. The number of phenolic OH excluding ortho intramolecular Hbond substituents is 1. The van der Waals surface area contributed by atoms with Gasteiger partial charge in [0.15, 0.2) is 11.5 Å². The van der Waals surface area contributed by atoms with Crippen molar-refractivity contribution in [2.75, 3.05) is 6.61 Å². The Hall–Kier alpha value is -1.62. The molecule has 0 atom stereocenters. The molecule has 0 aliphatic rings. The Labute approximate surface area is 90.9 Å². The average molecular weight is 204 g/mol. The van der Waals surface area contributed by atoms with E-state index in [1.165, 1.54) is 0 Å². The third-order valence-corrected chi connectivity index (χ3v) is 2.33. The van der Waals surface area contributed by atoms with Crippen LogP contribution < -0.4 is 4.74 Å². The van der Waals surface area contributed by atoms with Crippen LogP contribution in [-0.2, 0) is 5.41 Å². The SMILES string of the molecule is C#CC(C)(C)c1cccc(OCC)c1O. The van der Waals surface area contributed by atoms with E-state index in [1.807, 2.05) is 32.9 Å². The molecule has 1 aromatic carbocycles. The Morgan fingerprint density at radius 3 is 2.67 bits per heavy atom. The quantitative estimate of drug-likeness (QED) is 0.767. The van der Waals surface area contributed by atoms with E-state index in [4.69, 9.17) is 11.2 Å². The molecule has 0 spiro atoms. The minimum atomic E-state index is -0.489. The predicted molar refractivity (Wildman–Crippen MR) is 61.1 cm³/mol. The molecule has 0 fully saturated rings. The predicted octanol–water partition coefficient (Wildman–Crippen LogP) is 2.70. The molecule has 1 N–H and O–H groups in total. The number of para-hydroxylation sites is 1. The first-order chi connectivity index (χ1) is 7.03. The number of aromatic hydroxyl groups is 1. The van der Waals surface area contributed by atoms with Crippen LogP contribution >= 0.6 is 0 Å². The minimum absolute atomic E-state index is 0.141. The summed E-state index contributed by atoms with van der Waals surface area (Å²) in [5.74, 6) is 3.28. The van der Waals surface area contributed by atoms with Gasteiger partial charge in [0.1, 0.15) is 0 Å². The summed E-state index contributed by atoms with van der Waals surface area (Å²) in [5.41, 5.74) is 0.230. The summed E-state index contributed by atoms with van der Waals surface area (Å²) in [5, 5.41) is 9.97. The van der Waals surface area contributed by atoms with E-state index in [0.29, 0.717) is 12.4 Å². The Kier molecular flexibility index (Phi) is 3.26. The van der Waals surface area contributed by atoms with Gasteiger partial charge in [-0.1, -0.05) is 18.1 Å². The van der Waals surface area contributed by atoms with E-state index in [-0.39, 0.29) is 5.75 Å². The van der Waals surface area contributed by atoms with Crippen molar-refractivity contribution in [3.8, 4) is 23.8 Å². The van der Waals surface area contributed by atoms with Gasteiger partial charge in [0.05, 0.1) is 12.0 Å². The molecular weight excluding hydrogens is 188 g/mol. The first kappa shape index (κ1) is 11.5. The number of benzene rings is 1. The standard InChI is InChI=1S/C13H16O2/c1-5-13(3,4)10-8-7-9-11(12(10)14)15-6-2/h1,7-9,14H,6H2,2-4H3. The van der Waals surface area contributed by atoms with Crippen LogP contribution in [0.25, 0.3) is 0 Å². The molecule has 0 aliphatic heterocycles. The van der Waals surface area contributed by atoms with E-state index in [2.05, 4.69) is 5.92 Å². The minimum Gasteiger partial charge on any atom is -0.504 e. The molecule has 0 amide bonds. The summed E-state index contributed by atoms with van der Waals surface area (Å²) in [6.45, 7) is 6.17. The topological polar surface area (TPSA) is 29.5 Å². The maximum Gasteiger partial charge on any atom is 0.162 e. The molecule has 0 bridgehead atoms. The lowest BCUT2D eigenvalue weighted by atomic mass is 9.85. The van der Waals surface area contributed by atoms with Crippen LogP contribution in [0.1, 0.15) is 26.3 Å². The highest BCUT2D eigenvalue weighted by Gasteiger charge is 2.22. The zero-order valence-corrected chi connectivity index (χ0v) is 9.37. The summed E-state index contributed by atoms with van der Waals surface area (Å²) in [4.78, 5) is 0. The van der Waals surface area contributed by atoms with Gasteiger partial charge in [-0.05, 0) is 26.8 Å². The fourth-order valence-electron chi connectivity index (χ4n) is 1.38. The maximum absolute atomic E-state index is 9.97. The number of rotatable bonds is 3. The second kappa shape index (κ2) is 4.27. The van der Waals surface area contributed by atoms with Crippen LogP contribution in [0.2, 0.25) is 0 Å². The summed E-state index contributed by atoms with van der Waals surface area (Å²) < 4.78 is 5.30. The van der Waals surface area contributed by atoms with Gasteiger partial charge in [-0.15, -0.1) is 6.42 Å². The van der Waals surface area contributed by atoms with Crippen LogP contribution in [0.15, 0.2) is 18.2 Å². The van der Waals surface area contributed by atoms with Crippen molar-refractivity contribution in [2.24, 2.45) is 0 Å². The Morgan fingerprint density at radius 1 is 1.47 bits per heavy atom. The van der Waals surface area contributed by atoms with Gasteiger partial charge >= 0.3 is 0 Å².